The minimum absolute atomic E-state index is 0.139. The molecule has 0 N–H and O–H groups in total. The van der Waals surface area contributed by atoms with E-state index >= 15 is 0 Å². The van der Waals surface area contributed by atoms with E-state index in [0.717, 1.165) is 13.2 Å². The van der Waals surface area contributed by atoms with Gasteiger partial charge in [-0.1, -0.05) is 18.2 Å². The molecule has 0 atom stereocenters. The number of rotatable bonds is 2. The van der Waals surface area contributed by atoms with Crippen molar-refractivity contribution < 1.29 is 22.7 Å². The van der Waals surface area contributed by atoms with Crippen LogP contribution in [-0.2, 0) is 10.9 Å². The monoisotopic (exact) mass is 281 g/mol. The topological polar surface area (TPSA) is 39.2 Å². The van der Waals surface area contributed by atoms with Gasteiger partial charge in [-0.2, -0.15) is 13.2 Å². The molecule has 1 aromatic heterocycles. The first-order chi connectivity index (χ1) is 9.45. The molecule has 0 unspecified atom stereocenters. The van der Waals surface area contributed by atoms with Gasteiger partial charge in [-0.05, 0) is 17.7 Å². The molecule has 0 aliphatic rings. The van der Waals surface area contributed by atoms with Crippen molar-refractivity contribution >= 4 is 5.97 Å². The van der Waals surface area contributed by atoms with E-state index in [1.54, 1.807) is 12.1 Å². The number of esters is 1. The van der Waals surface area contributed by atoms with Gasteiger partial charge in [-0.25, -0.2) is 4.79 Å². The second-order valence-corrected chi connectivity index (χ2v) is 3.96. The van der Waals surface area contributed by atoms with Gasteiger partial charge in [0.2, 0.25) is 0 Å². The Morgan fingerprint density at radius 3 is 2.50 bits per heavy atom. The van der Waals surface area contributed by atoms with Crippen molar-refractivity contribution in [1.82, 2.24) is 4.98 Å². The Kier molecular flexibility index (Phi) is 3.74. The highest BCUT2D eigenvalue weighted by Gasteiger charge is 2.37. The molecule has 20 heavy (non-hydrogen) atoms. The Hall–Kier alpha value is -2.37. The Morgan fingerprint density at radius 2 is 1.95 bits per heavy atom. The molecule has 0 aliphatic carbocycles. The van der Waals surface area contributed by atoms with Crippen molar-refractivity contribution in [1.29, 1.82) is 0 Å². The van der Waals surface area contributed by atoms with Crippen LogP contribution in [0.3, 0.4) is 0 Å². The second kappa shape index (κ2) is 5.32. The van der Waals surface area contributed by atoms with Gasteiger partial charge in [0.25, 0.3) is 0 Å². The molecule has 1 heterocycles. The summed E-state index contributed by atoms with van der Waals surface area (Å²) in [6.45, 7) is 0. The number of nitrogens with zero attached hydrogens (tertiary/aromatic N) is 1. The van der Waals surface area contributed by atoms with Crippen LogP contribution in [0, 0.1) is 0 Å². The average molecular weight is 281 g/mol. The standard InChI is InChI=1S/C14H10F3NO2/c1-20-13(19)12-10(9-4-3-7-18-8-9)5-2-6-11(12)14(15,16)17/h2-8H,1H3. The molecule has 2 rings (SSSR count). The number of carbonyl (C=O) groups excluding carboxylic acids is 1. The number of benzene rings is 1. The fourth-order valence-electron chi connectivity index (χ4n) is 1.87. The SMILES string of the molecule is COC(=O)c1c(-c2cccnc2)cccc1C(F)(F)F. The highest BCUT2D eigenvalue weighted by atomic mass is 19.4. The smallest absolute Gasteiger partial charge is 0.417 e. The molecule has 0 radical (unpaired) electrons. The zero-order valence-electron chi connectivity index (χ0n) is 10.4. The van der Waals surface area contributed by atoms with Gasteiger partial charge < -0.3 is 4.74 Å². The molecule has 3 nitrogen and oxygen atoms in total. The third-order valence-electron chi connectivity index (χ3n) is 2.73. The molecule has 2 aromatic rings. The molecule has 0 bridgehead atoms. The molecule has 0 fully saturated rings. The summed E-state index contributed by atoms with van der Waals surface area (Å²) in [5.41, 5.74) is -0.972. The predicted octanol–water partition coefficient (Wildman–Crippen LogP) is 3.55. The number of aromatic nitrogens is 1. The highest BCUT2D eigenvalue weighted by Crippen LogP contribution is 2.36. The summed E-state index contributed by atoms with van der Waals surface area (Å²) in [4.78, 5) is 15.6. The first-order valence-corrected chi connectivity index (χ1v) is 5.64. The predicted molar refractivity (Wildman–Crippen MR) is 66.0 cm³/mol. The number of pyridine rings is 1. The summed E-state index contributed by atoms with van der Waals surface area (Å²) in [7, 11) is 1.04. The van der Waals surface area contributed by atoms with E-state index in [-0.39, 0.29) is 5.56 Å². The van der Waals surface area contributed by atoms with Crippen molar-refractivity contribution in [3.63, 3.8) is 0 Å². The molecule has 0 amide bonds. The van der Waals surface area contributed by atoms with E-state index in [9.17, 15) is 18.0 Å². The van der Waals surface area contributed by atoms with Gasteiger partial charge >= 0.3 is 12.1 Å². The Bertz CT molecular complexity index is 624. The molecule has 104 valence electrons. The van der Waals surface area contributed by atoms with E-state index in [1.165, 1.54) is 24.5 Å². The van der Waals surface area contributed by atoms with Crippen LogP contribution in [0.1, 0.15) is 15.9 Å². The van der Waals surface area contributed by atoms with Crippen LogP contribution in [0.2, 0.25) is 0 Å². The quantitative estimate of drug-likeness (QED) is 0.790. The van der Waals surface area contributed by atoms with Crippen molar-refractivity contribution in [3.8, 4) is 11.1 Å². The van der Waals surface area contributed by atoms with Crippen LogP contribution in [0.25, 0.3) is 11.1 Å². The van der Waals surface area contributed by atoms with E-state index < -0.39 is 23.3 Å². The van der Waals surface area contributed by atoms with Gasteiger partial charge in [0.15, 0.2) is 0 Å². The lowest BCUT2D eigenvalue weighted by atomic mass is 9.96. The fraction of sp³-hybridized carbons (Fsp3) is 0.143. The lowest BCUT2D eigenvalue weighted by Crippen LogP contribution is -2.15. The lowest BCUT2D eigenvalue weighted by Gasteiger charge is -2.15. The fourth-order valence-corrected chi connectivity index (χ4v) is 1.87. The average Bonchev–Trinajstić information content (AvgIpc) is 2.45. The highest BCUT2D eigenvalue weighted by molar-refractivity contribution is 5.99. The minimum atomic E-state index is -4.64. The van der Waals surface area contributed by atoms with Crippen LogP contribution in [0.15, 0.2) is 42.7 Å². The normalized spacial score (nSPS) is 11.2. The van der Waals surface area contributed by atoms with Crippen molar-refractivity contribution in [2.45, 2.75) is 6.18 Å². The van der Waals surface area contributed by atoms with E-state index in [0.29, 0.717) is 5.56 Å². The zero-order chi connectivity index (χ0) is 14.8. The van der Waals surface area contributed by atoms with E-state index in [2.05, 4.69) is 9.72 Å². The van der Waals surface area contributed by atoms with Crippen LogP contribution in [0.5, 0.6) is 0 Å². The maximum absolute atomic E-state index is 13.0. The number of alkyl halides is 3. The summed E-state index contributed by atoms with van der Waals surface area (Å²) in [6.07, 6.45) is -1.75. The zero-order valence-corrected chi connectivity index (χ0v) is 10.4. The maximum atomic E-state index is 13.0. The summed E-state index contributed by atoms with van der Waals surface area (Å²) in [6, 6.07) is 6.69. The van der Waals surface area contributed by atoms with Gasteiger partial charge in [-0.3, -0.25) is 4.98 Å². The first kappa shape index (κ1) is 14.0. The number of carbonyl (C=O) groups is 1. The lowest BCUT2D eigenvalue weighted by molar-refractivity contribution is -0.138. The van der Waals surface area contributed by atoms with E-state index in [4.69, 9.17) is 0 Å². The molecule has 0 aliphatic heterocycles. The molecule has 6 heteroatoms. The maximum Gasteiger partial charge on any atom is 0.417 e. The summed E-state index contributed by atoms with van der Waals surface area (Å²) in [5, 5.41) is 0. The second-order valence-electron chi connectivity index (χ2n) is 3.96. The molecule has 1 aromatic carbocycles. The van der Waals surface area contributed by atoms with Crippen molar-refractivity contribution in [2.24, 2.45) is 0 Å². The molecule has 0 spiro atoms. The van der Waals surface area contributed by atoms with Crippen LogP contribution in [0.4, 0.5) is 13.2 Å². The molecular formula is C14H10F3NO2. The molecule has 0 saturated carbocycles. The number of hydrogen-bond acceptors (Lipinski definition) is 3. The number of hydrogen-bond donors (Lipinski definition) is 0. The van der Waals surface area contributed by atoms with Gasteiger partial charge in [-0.15, -0.1) is 0 Å². The van der Waals surface area contributed by atoms with Gasteiger partial charge in [0, 0.05) is 18.0 Å². The summed E-state index contributed by atoms with van der Waals surface area (Å²) >= 11 is 0. The first-order valence-electron chi connectivity index (χ1n) is 5.64. The van der Waals surface area contributed by atoms with Gasteiger partial charge in [0.05, 0.1) is 18.2 Å². The summed E-state index contributed by atoms with van der Waals surface area (Å²) in [5.74, 6) is -1.03. The number of methoxy groups -OCH3 is 1. The van der Waals surface area contributed by atoms with Crippen molar-refractivity contribution in [3.05, 3.63) is 53.9 Å². The van der Waals surface area contributed by atoms with Gasteiger partial charge in [0.1, 0.15) is 0 Å². The Labute approximate surface area is 113 Å². The Morgan fingerprint density at radius 1 is 1.20 bits per heavy atom. The van der Waals surface area contributed by atoms with Crippen LogP contribution in [-0.4, -0.2) is 18.1 Å². The van der Waals surface area contributed by atoms with Crippen molar-refractivity contribution in [2.75, 3.05) is 7.11 Å². The van der Waals surface area contributed by atoms with Crippen LogP contribution < -0.4 is 0 Å². The Balaban J connectivity index is 2.73. The number of ether oxygens (including phenoxy) is 1. The summed E-state index contributed by atoms with van der Waals surface area (Å²) < 4.78 is 43.5. The van der Waals surface area contributed by atoms with E-state index in [1.807, 2.05) is 0 Å². The third kappa shape index (κ3) is 2.64. The van der Waals surface area contributed by atoms with Crippen LogP contribution >= 0.6 is 0 Å². The largest absolute Gasteiger partial charge is 0.465 e. The minimum Gasteiger partial charge on any atom is -0.465 e. The number of halogens is 3. The molecule has 0 saturated heterocycles. The molecular weight excluding hydrogens is 271 g/mol. The third-order valence-corrected chi connectivity index (χ3v) is 2.73.